The fraction of sp³-hybridized carbons (Fsp3) is 0.276. The van der Waals surface area contributed by atoms with E-state index >= 15 is 0 Å². The van der Waals surface area contributed by atoms with E-state index in [1.165, 1.54) is 58.9 Å². The summed E-state index contributed by atoms with van der Waals surface area (Å²) in [5.74, 6) is -1.95. The van der Waals surface area contributed by atoms with Crippen molar-refractivity contribution in [2.24, 2.45) is 30.7 Å². The molecule has 0 amide bonds. The maximum Gasteiger partial charge on any atom is 0.343 e. The summed E-state index contributed by atoms with van der Waals surface area (Å²) in [4.78, 5) is 42.9. The Morgan fingerprint density at radius 2 is 0.556 bits per heavy atom. The van der Waals surface area contributed by atoms with Crippen molar-refractivity contribution < 1.29 is 28.6 Å². The molecule has 0 unspecified atom stereocenters. The Morgan fingerprint density at radius 1 is 0.273 bits per heavy atom. The number of unbranched alkanes of at least 4 members (excludes halogenated alkanes) is 3. The number of carbonyl (C=O) groups is 3. The zero-order valence-corrected chi connectivity index (χ0v) is 58.8. The van der Waals surface area contributed by atoms with E-state index in [0.717, 1.165) is 156 Å². The highest BCUT2D eigenvalue weighted by molar-refractivity contribution is 6.02. The highest BCUT2D eigenvalue weighted by atomic mass is 16.5. The second-order valence-electron chi connectivity index (χ2n) is 25.0. The van der Waals surface area contributed by atoms with Crippen LogP contribution >= 0.6 is 0 Å². The smallest absolute Gasteiger partial charge is 0.343 e. The van der Waals surface area contributed by atoms with Crippen molar-refractivity contribution in [1.82, 2.24) is 0 Å². The van der Waals surface area contributed by atoms with Crippen molar-refractivity contribution in [3.05, 3.63) is 267 Å². The fourth-order valence-corrected chi connectivity index (χ4v) is 12.1. The summed E-state index contributed by atoms with van der Waals surface area (Å²) in [5.41, 5.74) is 21.2. The van der Waals surface area contributed by atoms with Crippen LogP contribution in [0.5, 0.6) is 17.2 Å². The lowest BCUT2D eigenvalue weighted by Gasteiger charge is -2.13. The van der Waals surface area contributed by atoms with Crippen molar-refractivity contribution in [1.29, 1.82) is 0 Å². The molecule has 0 bridgehead atoms. The first kappa shape index (κ1) is 71.2. The largest absolute Gasteiger partial charge is 0.423 e. The van der Waals surface area contributed by atoms with Crippen LogP contribution in [0.2, 0.25) is 0 Å². The zero-order chi connectivity index (χ0) is 69.6. The number of hydrogen-bond donors (Lipinski definition) is 0. The van der Waals surface area contributed by atoms with Gasteiger partial charge in [0.15, 0.2) is 0 Å². The van der Waals surface area contributed by atoms with Crippen LogP contribution in [0.1, 0.15) is 182 Å². The first-order valence-electron chi connectivity index (χ1n) is 35.4. The van der Waals surface area contributed by atoms with Gasteiger partial charge in [-0.15, -0.1) is 15.3 Å². The first-order valence-corrected chi connectivity index (χ1v) is 35.4. The molecule has 0 spiro atoms. The standard InChI is InChI=1S/C87H90N6O6/c1-10-19-23-58-28-34-67(35-29-58)70-48-61(13-4)82(62(14-5)49-70)91-88-76-40-44-79(45-41-76)97-85(94)73-54-74(86(95)98-80-46-42-77(43-47-80)89-92-83-63(15-6)50-71(51-64(83)16-7)68-36-30-59(31-37-68)24-20-11-2)56-75(55-73)87(96)99-81-27-22-26-78(57-81)90-93-84-65(17-8)52-72(53-66(84)18-9)69-38-32-60(33-39-69)25-21-12-3/h22,26-57H,10-21,23-25H2,1-9H3. The topological polar surface area (TPSA) is 153 Å². The van der Waals surface area contributed by atoms with Gasteiger partial charge in [0.05, 0.1) is 50.8 Å². The van der Waals surface area contributed by atoms with Crippen LogP contribution in [-0.4, -0.2) is 17.9 Å². The molecule has 12 nitrogen and oxygen atoms in total. The summed E-state index contributed by atoms with van der Waals surface area (Å²) in [6.07, 6.45) is 14.8. The predicted octanol–water partition coefficient (Wildman–Crippen LogP) is 25.0. The third-order valence-electron chi connectivity index (χ3n) is 18.0. The Hall–Kier alpha value is -10.6. The molecule has 10 aromatic carbocycles. The summed E-state index contributed by atoms with van der Waals surface area (Å²) in [5, 5.41) is 28.2. The molecule has 0 saturated carbocycles. The first-order chi connectivity index (χ1) is 48.3. The van der Waals surface area contributed by atoms with Gasteiger partial charge < -0.3 is 14.2 Å². The Balaban J connectivity index is 0.880. The Bertz CT molecular complexity index is 4240. The zero-order valence-electron chi connectivity index (χ0n) is 58.8. The van der Waals surface area contributed by atoms with Gasteiger partial charge in [0.1, 0.15) is 17.2 Å². The van der Waals surface area contributed by atoms with Crippen molar-refractivity contribution in [2.45, 2.75) is 159 Å². The molecule has 0 aromatic heterocycles. The lowest BCUT2D eigenvalue weighted by atomic mass is 9.94. The van der Waals surface area contributed by atoms with Crippen molar-refractivity contribution in [3.63, 3.8) is 0 Å². The number of ether oxygens (including phenoxy) is 3. The third kappa shape index (κ3) is 18.8. The van der Waals surface area contributed by atoms with Gasteiger partial charge in [-0.2, -0.15) is 15.3 Å². The van der Waals surface area contributed by atoms with Crippen LogP contribution in [-0.2, 0) is 57.8 Å². The molecule has 12 heteroatoms. The minimum absolute atomic E-state index is 0.103. The van der Waals surface area contributed by atoms with Crippen molar-refractivity contribution in [2.75, 3.05) is 0 Å². The van der Waals surface area contributed by atoms with Crippen LogP contribution in [0.15, 0.2) is 231 Å². The van der Waals surface area contributed by atoms with Gasteiger partial charge in [-0.3, -0.25) is 0 Å². The van der Waals surface area contributed by atoms with E-state index in [2.05, 4.69) is 187 Å². The molecule has 0 N–H and O–H groups in total. The van der Waals surface area contributed by atoms with Gasteiger partial charge in [-0.25, -0.2) is 14.4 Å². The number of benzene rings is 10. The van der Waals surface area contributed by atoms with Gasteiger partial charge in [0.25, 0.3) is 0 Å². The predicted molar refractivity (Wildman–Crippen MR) is 401 cm³/mol. The third-order valence-corrected chi connectivity index (χ3v) is 18.0. The normalized spacial score (nSPS) is 11.5. The molecule has 0 aliphatic rings. The summed E-state index contributed by atoms with van der Waals surface area (Å²) >= 11 is 0. The second-order valence-corrected chi connectivity index (χ2v) is 25.0. The molecule has 504 valence electrons. The molecule has 0 aliphatic carbocycles. The highest BCUT2D eigenvalue weighted by Crippen LogP contribution is 2.38. The number of azo groups is 3. The summed E-state index contributed by atoms with van der Waals surface area (Å²) in [6, 6.07) is 63.7. The second kappa shape index (κ2) is 35.1. The van der Waals surface area contributed by atoms with Crippen LogP contribution < -0.4 is 14.2 Å². The van der Waals surface area contributed by atoms with Gasteiger partial charge in [-0.1, -0.05) is 160 Å². The van der Waals surface area contributed by atoms with E-state index < -0.39 is 17.9 Å². The average Bonchev–Trinajstić information content (AvgIpc) is 0.833. The molecule has 0 saturated heterocycles. The van der Waals surface area contributed by atoms with Gasteiger partial charge in [0, 0.05) is 6.07 Å². The van der Waals surface area contributed by atoms with Crippen LogP contribution in [0, 0.1) is 0 Å². The molecule has 0 fully saturated rings. The molecule has 0 radical (unpaired) electrons. The number of esters is 3. The molecular weight excluding hydrogens is 1220 g/mol. The molecule has 0 atom stereocenters. The molecule has 0 aliphatic heterocycles. The van der Waals surface area contributed by atoms with E-state index in [1.807, 2.05) is 0 Å². The lowest BCUT2D eigenvalue weighted by Crippen LogP contribution is -2.16. The van der Waals surface area contributed by atoms with E-state index in [0.29, 0.717) is 17.1 Å². The molecular formula is C87H90N6O6. The Kier molecular flexibility index (Phi) is 25.2. The molecule has 10 rings (SSSR count). The Morgan fingerprint density at radius 3 is 0.838 bits per heavy atom. The number of hydrogen-bond acceptors (Lipinski definition) is 12. The fourth-order valence-electron chi connectivity index (χ4n) is 12.1. The van der Waals surface area contributed by atoms with E-state index in [9.17, 15) is 14.4 Å². The maximum atomic E-state index is 14.3. The van der Waals surface area contributed by atoms with E-state index in [4.69, 9.17) is 29.6 Å². The molecule has 0 heterocycles. The Labute approximate surface area is 584 Å². The van der Waals surface area contributed by atoms with Crippen molar-refractivity contribution in [3.8, 4) is 50.6 Å². The summed E-state index contributed by atoms with van der Waals surface area (Å²) in [7, 11) is 0. The molecule has 10 aromatic rings. The van der Waals surface area contributed by atoms with Crippen LogP contribution in [0.4, 0.5) is 34.1 Å². The van der Waals surface area contributed by atoms with Crippen molar-refractivity contribution >= 4 is 52.0 Å². The quantitative estimate of drug-likeness (QED) is 0.0248. The SMILES string of the molecule is CCCCc1ccc(-c2cc(CC)c(N=Nc3ccc(OC(=O)c4cc(C(=O)Oc5ccc(N=Nc6c(CC)cc(-c7ccc(CCCC)cc7)cc6CC)cc5)cc(C(=O)Oc5cccc(N=Nc6c(CC)cc(-c7ccc(CCCC)cc7)cc6CC)c5)c4)cc3)c(CC)c2)cc1. The van der Waals surface area contributed by atoms with E-state index in [1.54, 1.807) is 72.8 Å². The van der Waals surface area contributed by atoms with Gasteiger partial charge in [0.2, 0.25) is 0 Å². The van der Waals surface area contributed by atoms with Gasteiger partial charge >= 0.3 is 17.9 Å². The monoisotopic (exact) mass is 1310 g/mol. The number of nitrogens with zero attached hydrogens (tertiary/aromatic N) is 6. The molecule has 99 heavy (non-hydrogen) atoms. The van der Waals surface area contributed by atoms with E-state index in [-0.39, 0.29) is 33.9 Å². The lowest BCUT2D eigenvalue weighted by molar-refractivity contribution is 0.0734. The number of aryl methyl sites for hydroxylation is 9. The van der Waals surface area contributed by atoms with Crippen LogP contribution in [0.25, 0.3) is 33.4 Å². The summed E-state index contributed by atoms with van der Waals surface area (Å²) in [6.45, 7) is 19.3. The average molecular weight is 1320 g/mol. The minimum Gasteiger partial charge on any atom is -0.423 e. The maximum absolute atomic E-state index is 14.3. The number of carbonyl (C=O) groups excluding carboxylic acids is 3. The number of rotatable bonds is 30. The van der Waals surface area contributed by atoms with Crippen LogP contribution in [0.3, 0.4) is 0 Å². The minimum atomic E-state index is -0.847. The van der Waals surface area contributed by atoms with Gasteiger partial charge in [-0.05, 0) is 276 Å². The highest BCUT2D eigenvalue weighted by Gasteiger charge is 2.22. The summed E-state index contributed by atoms with van der Waals surface area (Å²) < 4.78 is 17.8.